The molecule has 0 saturated carbocycles. The first-order chi connectivity index (χ1) is 6.97. The van der Waals surface area contributed by atoms with Gasteiger partial charge in [-0.05, 0) is 18.6 Å². The van der Waals surface area contributed by atoms with Crippen molar-refractivity contribution in [3.63, 3.8) is 0 Å². The van der Waals surface area contributed by atoms with Gasteiger partial charge in [0, 0.05) is 6.54 Å². The molecule has 0 bridgehead atoms. The maximum absolute atomic E-state index is 11.6. The number of hydrogen-bond donors (Lipinski definition) is 2. The molecule has 0 amide bonds. The Balaban J connectivity index is 2.91. The topological polar surface area (TPSA) is 72.2 Å². The second-order valence-electron chi connectivity index (χ2n) is 2.88. The first-order valence-corrected chi connectivity index (χ1v) is 7.07. The molecule has 0 aromatic carbocycles. The van der Waals surface area contributed by atoms with Crippen LogP contribution >= 0.6 is 23.6 Å². The van der Waals surface area contributed by atoms with Gasteiger partial charge in [-0.15, -0.1) is 11.3 Å². The standard InChI is InChI=1S/C8H12N2O2S3/c1-2-5-10-15(11,12)7-4-3-6(14-7)8(9)13/h3-4,10H,2,5H2,1H3,(H2,9,13). The first-order valence-electron chi connectivity index (χ1n) is 4.36. The summed E-state index contributed by atoms with van der Waals surface area (Å²) in [7, 11) is -3.38. The predicted molar refractivity (Wildman–Crippen MR) is 65.7 cm³/mol. The third-order valence-electron chi connectivity index (χ3n) is 1.63. The Kier molecular flexibility index (Phi) is 4.21. The summed E-state index contributed by atoms with van der Waals surface area (Å²) in [5, 5.41) is 0. The van der Waals surface area contributed by atoms with E-state index in [9.17, 15) is 8.42 Å². The predicted octanol–water partition coefficient (Wildman–Crippen LogP) is 1.07. The molecule has 1 aromatic heterocycles. The van der Waals surface area contributed by atoms with Crippen molar-refractivity contribution in [2.75, 3.05) is 6.54 Å². The van der Waals surface area contributed by atoms with Gasteiger partial charge in [0.2, 0.25) is 10.0 Å². The molecule has 0 saturated heterocycles. The van der Waals surface area contributed by atoms with Crippen LogP contribution in [0.5, 0.6) is 0 Å². The number of rotatable bonds is 5. The second kappa shape index (κ2) is 5.02. The minimum atomic E-state index is -3.38. The van der Waals surface area contributed by atoms with Crippen LogP contribution < -0.4 is 10.5 Å². The van der Waals surface area contributed by atoms with Crippen LogP contribution in [0.2, 0.25) is 0 Å². The third kappa shape index (κ3) is 3.23. The maximum Gasteiger partial charge on any atom is 0.250 e. The molecule has 0 aliphatic carbocycles. The smallest absolute Gasteiger partial charge is 0.250 e. The molecule has 15 heavy (non-hydrogen) atoms. The maximum atomic E-state index is 11.6. The van der Waals surface area contributed by atoms with Crippen molar-refractivity contribution >= 4 is 38.6 Å². The van der Waals surface area contributed by atoms with Gasteiger partial charge in [0.15, 0.2) is 0 Å². The Morgan fingerprint density at radius 2 is 2.27 bits per heavy atom. The average molecular weight is 264 g/mol. The molecule has 84 valence electrons. The van der Waals surface area contributed by atoms with Crippen LogP contribution in [-0.2, 0) is 10.0 Å². The fourth-order valence-corrected chi connectivity index (χ4v) is 3.43. The van der Waals surface area contributed by atoms with Gasteiger partial charge in [0.25, 0.3) is 0 Å². The summed E-state index contributed by atoms with van der Waals surface area (Å²) >= 11 is 5.84. The van der Waals surface area contributed by atoms with Crippen LogP contribution in [-0.4, -0.2) is 20.0 Å². The van der Waals surface area contributed by atoms with E-state index in [1.54, 1.807) is 6.07 Å². The summed E-state index contributed by atoms with van der Waals surface area (Å²) in [6, 6.07) is 3.13. The number of nitrogens with one attached hydrogen (secondary N) is 1. The van der Waals surface area contributed by atoms with Crippen LogP contribution in [0.4, 0.5) is 0 Å². The van der Waals surface area contributed by atoms with E-state index in [-0.39, 0.29) is 9.20 Å². The molecule has 0 aliphatic rings. The number of thiocarbonyl (C=S) groups is 1. The summed E-state index contributed by atoms with van der Waals surface area (Å²) in [5.41, 5.74) is 5.40. The van der Waals surface area contributed by atoms with E-state index in [1.807, 2.05) is 6.92 Å². The van der Waals surface area contributed by atoms with Crippen molar-refractivity contribution < 1.29 is 8.42 Å². The molecule has 0 fully saturated rings. The van der Waals surface area contributed by atoms with Gasteiger partial charge < -0.3 is 5.73 Å². The van der Waals surface area contributed by atoms with Gasteiger partial charge >= 0.3 is 0 Å². The second-order valence-corrected chi connectivity index (χ2v) is 6.40. The van der Waals surface area contributed by atoms with Crippen LogP contribution in [0.25, 0.3) is 0 Å². The van der Waals surface area contributed by atoms with E-state index in [4.69, 9.17) is 18.0 Å². The summed E-state index contributed by atoms with van der Waals surface area (Å²) in [6.07, 6.45) is 0.757. The SMILES string of the molecule is CCCNS(=O)(=O)c1ccc(C(N)=S)s1. The van der Waals surface area contributed by atoms with Gasteiger partial charge in [-0.1, -0.05) is 19.1 Å². The van der Waals surface area contributed by atoms with Gasteiger partial charge in [-0.2, -0.15) is 0 Å². The van der Waals surface area contributed by atoms with Crippen molar-refractivity contribution in [1.82, 2.24) is 4.72 Å². The summed E-state index contributed by atoms with van der Waals surface area (Å²) in [6.45, 7) is 2.33. The zero-order chi connectivity index (χ0) is 11.5. The summed E-state index contributed by atoms with van der Waals surface area (Å²) < 4.78 is 26.0. The Hall–Kier alpha value is -0.500. The molecule has 1 heterocycles. The Bertz CT molecular complexity index is 450. The molecular formula is C8H12N2O2S3. The van der Waals surface area contributed by atoms with E-state index >= 15 is 0 Å². The van der Waals surface area contributed by atoms with Crippen LogP contribution in [0.1, 0.15) is 18.2 Å². The van der Waals surface area contributed by atoms with E-state index in [0.29, 0.717) is 11.4 Å². The van der Waals surface area contributed by atoms with Crippen LogP contribution in [0.15, 0.2) is 16.3 Å². The van der Waals surface area contributed by atoms with Gasteiger partial charge in [0.1, 0.15) is 9.20 Å². The Labute approximate surface area is 98.5 Å². The highest BCUT2D eigenvalue weighted by atomic mass is 32.2. The molecule has 1 rings (SSSR count). The Morgan fingerprint density at radius 1 is 1.60 bits per heavy atom. The number of hydrogen-bond acceptors (Lipinski definition) is 4. The lowest BCUT2D eigenvalue weighted by molar-refractivity contribution is 0.583. The number of thiophene rings is 1. The lowest BCUT2D eigenvalue weighted by Gasteiger charge is -2.01. The highest BCUT2D eigenvalue weighted by Gasteiger charge is 2.16. The molecule has 0 atom stereocenters. The molecule has 0 spiro atoms. The minimum absolute atomic E-state index is 0.219. The molecule has 0 aliphatic heterocycles. The van der Waals surface area contributed by atoms with Crippen molar-refractivity contribution in [2.24, 2.45) is 5.73 Å². The van der Waals surface area contributed by atoms with Gasteiger partial charge in [-0.25, -0.2) is 13.1 Å². The van der Waals surface area contributed by atoms with Gasteiger partial charge in [0.05, 0.1) is 4.88 Å². The largest absolute Gasteiger partial charge is 0.389 e. The Morgan fingerprint density at radius 3 is 2.73 bits per heavy atom. The van der Waals surface area contributed by atoms with Crippen LogP contribution in [0, 0.1) is 0 Å². The first kappa shape index (κ1) is 12.6. The van der Waals surface area contributed by atoms with Gasteiger partial charge in [-0.3, -0.25) is 0 Å². The van der Waals surface area contributed by atoms with E-state index in [1.165, 1.54) is 6.07 Å². The zero-order valence-electron chi connectivity index (χ0n) is 8.19. The number of sulfonamides is 1. The fraction of sp³-hybridized carbons (Fsp3) is 0.375. The molecule has 4 nitrogen and oxygen atoms in total. The van der Waals surface area contributed by atoms with Crippen molar-refractivity contribution in [2.45, 2.75) is 17.6 Å². The normalized spacial score (nSPS) is 11.5. The fourth-order valence-electron chi connectivity index (χ4n) is 0.905. The molecule has 3 N–H and O–H groups in total. The van der Waals surface area contributed by atoms with Crippen LogP contribution in [0.3, 0.4) is 0 Å². The van der Waals surface area contributed by atoms with E-state index in [2.05, 4.69) is 4.72 Å². The van der Waals surface area contributed by atoms with E-state index in [0.717, 1.165) is 17.8 Å². The molecular weight excluding hydrogens is 252 g/mol. The third-order valence-corrected chi connectivity index (χ3v) is 5.05. The molecule has 7 heteroatoms. The van der Waals surface area contributed by atoms with Crippen molar-refractivity contribution in [3.8, 4) is 0 Å². The molecule has 0 unspecified atom stereocenters. The quantitative estimate of drug-likeness (QED) is 0.780. The van der Waals surface area contributed by atoms with E-state index < -0.39 is 10.0 Å². The zero-order valence-corrected chi connectivity index (χ0v) is 10.6. The lowest BCUT2D eigenvalue weighted by Crippen LogP contribution is -2.23. The minimum Gasteiger partial charge on any atom is -0.389 e. The van der Waals surface area contributed by atoms with Crippen molar-refractivity contribution in [1.29, 1.82) is 0 Å². The molecule has 1 aromatic rings. The van der Waals surface area contributed by atoms with Crippen molar-refractivity contribution in [3.05, 3.63) is 17.0 Å². The average Bonchev–Trinajstić information content (AvgIpc) is 2.64. The summed E-state index contributed by atoms with van der Waals surface area (Å²) in [4.78, 5) is 0.832. The monoisotopic (exact) mass is 264 g/mol. The highest BCUT2D eigenvalue weighted by Crippen LogP contribution is 2.21. The highest BCUT2D eigenvalue weighted by molar-refractivity contribution is 7.91. The number of nitrogens with two attached hydrogens (primary N) is 1. The molecule has 0 radical (unpaired) electrons. The lowest BCUT2D eigenvalue weighted by atomic mass is 10.5. The summed E-state index contributed by atoms with van der Waals surface area (Å²) in [5.74, 6) is 0.